The summed E-state index contributed by atoms with van der Waals surface area (Å²) in [7, 11) is 0. The van der Waals surface area contributed by atoms with Gasteiger partial charge in [-0.15, -0.1) is 0 Å². The Morgan fingerprint density at radius 3 is 2.62 bits per heavy atom. The molecule has 1 unspecified atom stereocenters. The molecule has 114 valence electrons. The van der Waals surface area contributed by atoms with Crippen LogP contribution in [0.15, 0.2) is 18.2 Å². The number of benzene rings is 1. The van der Waals surface area contributed by atoms with Gasteiger partial charge in [0.15, 0.2) is 0 Å². The average Bonchev–Trinajstić information content (AvgIpc) is 2.41. The minimum Gasteiger partial charge on any atom is -0.480 e. The highest BCUT2D eigenvalue weighted by atomic mass is 19.4. The number of alkyl halides is 3. The number of aliphatic carboxylic acids is 1. The van der Waals surface area contributed by atoms with Crippen LogP contribution in [0.3, 0.4) is 0 Å². The van der Waals surface area contributed by atoms with Crippen molar-refractivity contribution in [1.82, 2.24) is 0 Å². The number of nitriles is 1. The number of carboxylic acid groups (broad SMARTS) is 1. The second-order valence-electron chi connectivity index (χ2n) is 4.55. The first kappa shape index (κ1) is 16.8. The van der Waals surface area contributed by atoms with Crippen LogP contribution < -0.4 is 5.32 Å². The second kappa shape index (κ2) is 6.97. The van der Waals surface area contributed by atoms with Gasteiger partial charge >= 0.3 is 12.1 Å². The number of anilines is 1. The van der Waals surface area contributed by atoms with E-state index < -0.39 is 23.8 Å². The lowest BCUT2D eigenvalue weighted by Gasteiger charge is -2.17. The SMILES string of the molecule is CCCCC(Nc1ccc(C(F)(F)F)cc1C#N)C(=O)O. The summed E-state index contributed by atoms with van der Waals surface area (Å²) in [6, 6.07) is 3.33. The molecule has 0 amide bonds. The molecule has 0 aliphatic heterocycles. The Hall–Kier alpha value is -2.23. The number of rotatable bonds is 6. The molecule has 0 fully saturated rings. The molecule has 0 heterocycles. The maximum Gasteiger partial charge on any atom is 0.416 e. The normalized spacial score (nSPS) is 12.5. The molecule has 1 aromatic rings. The third-order valence-corrected chi connectivity index (χ3v) is 2.94. The van der Waals surface area contributed by atoms with Crippen molar-refractivity contribution in [1.29, 1.82) is 5.26 Å². The summed E-state index contributed by atoms with van der Waals surface area (Å²) in [6.07, 6.45) is -2.76. The first-order chi connectivity index (χ1) is 9.79. The summed E-state index contributed by atoms with van der Waals surface area (Å²) < 4.78 is 37.7. The molecule has 0 spiro atoms. The number of unbranched alkanes of at least 4 members (excludes halogenated alkanes) is 1. The van der Waals surface area contributed by atoms with Gasteiger partial charge in [0.05, 0.1) is 16.8 Å². The molecule has 0 aliphatic rings. The van der Waals surface area contributed by atoms with Crippen LogP contribution in [-0.4, -0.2) is 17.1 Å². The topological polar surface area (TPSA) is 73.1 Å². The van der Waals surface area contributed by atoms with Crippen molar-refractivity contribution < 1.29 is 23.1 Å². The summed E-state index contributed by atoms with van der Waals surface area (Å²) in [4.78, 5) is 11.1. The van der Waals surface area contributed by atoms with E-state index in [4.69, 9.17) is 10.4 Å². The number of hydrogen-bond donors (Lipinski definition) is 2. The van der Waals surface area contributed by atoms with Gasteiger partial charge in [-0.05, 0) is 24.6 Å². The standard InChI is InChI=1S/C14H15F3N2O2/c1-2-3-4-12(13(20)21)19-11-6-5-10(14(15,16)17)7-9(11)8-18/h5-7,12,19H,2-4H2,1H3,(H,20,21). The van der Waals surface area contributed by atoms with Crippen molar-refractivity contribution in [3.63, 3.8) is 0 Å². The van der Waals surface area contributed by atoms with Gasteiger partial charge in [-0.3, -0.25) is 0 Å². The van der Waals surface area contributed by atoms with Crippen LogP contribution in [0.2, 0.25) is 0 Å². The van der Waals surface area contributed by atoms with Gasteiger partial charge in [-0.1, -0.05) is 19.8 Å². The van der Waals surface area contributed by atoms with E-state index in [-0.39, 0.29) is 11.3 Å². The number of carboxylic acids is 1. The third-order valence-electron chi connectivity index (χ3n) is 2.94. The number of nitrogens with zero attached hydrogens (tertiary/aromatic N) is 1. The molecule has 0 radical (unpaired) electrons. The second-order valence-corrected chi connectivity index (χ2v) is 4.55. The van der Waals surface area contributed by atoms with Crippen LogP contribution in [0, 0.1) is 11.3 Å². The fourth-order valence-corrected chi connectivity index (χ4v) is 1.79. The molecule has 4 nitrogen and oxygen atoms in total. The molecule has 0 bridgehead atoms. The summed E-state index contributed by atoms with van der Waals surface area (Å²) in [5.41, 5.74) is -1.08. The number of nitrogens with one attached hydrogen (secondary N) is 1. The first-order valence-electron chi connectivity index (χ1n) is 6.40. The maximum atomic E-state index is 12.6. The lowest BCUT2D eigenvalue weighted by Crippen LogP contribution is -2.29. The van der Waals surface area contributed by atoms with Crippen molar-refractivity contribution in [3.8, 4) is 6.07 Å². The van der Waals surface area contributed by atoms with Crippen LogP contribution in [0.1, 0.15) is 37.3 Å². The van der Waals surface area contributed by atoms with E-state index in [0.717, 1.165) is 18.6 Å². The highest BCUT2D eigenvalue weighted by Gasteiger charge is 2.31. The van der Waals surface area contributed by atoms with Crippen LogP contribution in [0.25, 0.3) is 0 Å². The molecular formula is C14H15F3N2O2. The van der Waals surface area contributed by atoms with Crippen LogP contribution in [0.5, 0.6) is 0 Å². The predicted molar refractivity (Wildman–Crippen MR) is 70.7 cm³/mol. The number of hydrogen-bond acceptors (Lipinski definition) is 3. The Morgan fingerprint density at radius 2 is 2.14 bits per heavy atom. The quantitative estimate of drug-likeness (QED) is 0.841. The Labute approximate surface area is 120 Å². The summed E-state index contributed by atoms with van der Waals surface area (Å²) in [5.74, 6) is -1.10. The van der Waals surface area contributed by atoms with E-state index in [2.05, 4.69) is 5.32 Å². The monoisotopic (exact) mass is 300 g/mol. The molecule has 0 saturated carbocycles. The lowest BCUT2D eigenvalue weighted by atomic mass is 10.1. The Balaban J connectivity index is 3.02. The molecule has 0 saturated heterocycles. The van der Waals surface area contributed by atoms with E-state index >= 15 is 0 Å². The van der Waals surface area contributed by atoms with Gasteiger partial charge in [-0.2, -0.15) is 18.4 Å². The Morgan fingerprint density at radius 1 is 1.48 bits per heavy atom. The Bertz CT molecular complexity index is 550. The largest absolute Gasteiger partial charge is 0.480 e. The van der Waals surface area contributed by atoms with Crippen molar-refractivity contribution in [3.05, 3.63) is 29.3 Å². The van der Waals surface area contributed by atoms with Gasteiger partial charge < -0.3 is 10.4 Å². The summed E-state index contributed by atoms with van der Waals surface area (Å²) >= 11 is 0. The molecule has 1 rings (SSSR count). The van der Waals surface area contributed by atoms with E-state index in [1.54, 1.807) is 6.07 Å². The first-order valence-corrected chi connectivity index (χ1v) is 6.40. The molecule has 1 atom stereocenters. The van der Waals surface area contributed by atoms with E-state index in [0.29, 0.717) is 18.9 Å². The zero-order chi connectivity index (χ0) is 16.0. The fourth-order valence-electron chi connectivity index (χ4n) is 1.79. The molecule has 0 aromatic heterocycles. The average molecular weight is 300 g/mol. The van der Waals surface area contributed by atoms with Gasteiger partial charge in [0.25, 0.3) is 0 Å². The summed E-state index contributed by atoms with van der Waals surface area (Å²) in [6.45, 7) is 1.90. The molecular weight excluding hydrogens is 285 g/mol. The van der Waals surface area contributed by atoms with Gasteiger partial charge in [0.2, 0.25) is 0 Å². The molecule has 2 N–H and O–H groups in total. The zero-order valence-corrected chi connectivity index (χ0v) is 11.4. The van der Waals surface area contributed by atoms with Crippen LogP contribution in [-0.2, 0) is 11.0 Å². The van der Waals surface area contributed by atoms with Crippen molar-refractivity contribution in [2.45, 2.75) is 38.4 Å². The highest BCUT2D eigenvalue weighted by molar-refractivity contribution is 5.78. The highest BCUT2D eigenvalue weighted by Crippen LogP contribution is 2.31. The van der Waals surface area contributed by atoms with Crippen LogP contribution in [0.4, 0.5) is 18.9 Å². The predicted octanol–water partition coefficient (Wildman–Crippen LogP) is 3.63. The van der Waals surface area contributed by atoms with Crippen molar-refractivity contribution >= 4 is 11.7 Å². The van der Waals surface area contributed by atoms with Crippen molar-refractivity contribution in [2.75, 3.05) is 5.32 Å². The van der Waals surface area contributed by atoms with Crippen LogP contribution >= 0.6 is 0 Å². The summed E-state index contributed by atoms with van der Waals surface area (Å²) in [5, 5.41) is 20.6. The smallest absolute Gasteiger partial charge is 0.416 e. The van der Waals surface area contributed by atoms with E-state index in [9.17, 15) is 18.0 Å². The fraction of sp³-hybridized carbons (Fsp3) is 0.429. The third kappa shape index (κ3) is 4.67. The van der Waals surface area contributed by atoms with E-state index in [1.165, 1.54) is 0 Å². The molecule has 7 heteroatoms. The molecule has 1 aromatic carbocycles. The molecule has 21 heavy (non-hydrogen) atoms. The lowest BCUT2D eigenvalue weighted by molar-refractivity contribution is -0.138. The maximum absolute atomic E-state index is 12.6. The van der Waals surface area contributed by atoms with Gasteiger partial charge in [0, 0.05) is 0 Å². The van der Waals surface area contributed by atoms with Gasteiger partial charge in [0.1, 0.15) is 12.1 Å². The van der Waals surface area contributed by atoms with Gasteiger partial charge in [-0.25, -0.2) is 4.79 Å². The minimum atomic E-state index is -4.54. The zero-order valence-electron chi connectivity index (χ0n) is 11.4. The Kier molecular flexibility index (Phi) is 5.59. The molecule has 0 aliphatic carbocycles. The van der Waals surface area contributed by atoms with Crippen molar-refractivity contribution in [2.24, 2.45) is 0 Å². The minimum absolute atomic E-state index is 0.0917. The van der Waals surface area contributed by atoms with E-state index in [1.807, 2.05) is 6.92 Å². The number of halogens is 3. The number of carbonyl (C=O) groups is 1.